The van der Waals surface area contributed by atoms with Gasteiger partial charge in [-0.05, 0) is 29.8 Å². The zero-order valence-corrected chi connectivity index (χ0v) is 13.8. The molecule has 1 amide bonds. The number of ether oxygens (including phenoxy) is 1. The van der Waals surface area contributed by atoms with E-state index >= 15 is 0 Å². The Kier molecular flexibility index (Phi) is 6.25. The molecule has 2 aromatic carbocycles. The molecule has 0 fully saturated rings. The number of nitro benzene ring substituents is 1. The molecule has 0 aliphatic heterocycles. The topological polar surface area (TPSA) is 93.8 Å². The van der Waals surface area contributed by atoms with Crippen molar-refractivity contribution in [3.63, 3.8) is 0 Å². The number of rotatable bonds is 7. The van der Waals surface area contributed by atoms with Gasteiger partial charge >= 0.3 is 0 Å². The summed E-state index contributed by atoms with van der Waals surface area (Å²) >= 11 is 5.71. The van der Waals surface area contributed by atoms with Crippen LogP contribution in [0.4, 0.5) is 5.69 Å². The van der Waals surface area contributed by atoms with Crippen molar-refractivity contribution in [2.24, 2.45) is 5.10 Å². The Morgan fingerprint density at radius 3 is 2.88 bits per heavy atom. The Hall–Kier alpha value is -3.19. The molecular formula is C17H14ClN3O4. The molecule has 7 nitrogen and oxygen atoms in total. The maximum atomic E-state index is 12.0. The maximum Gasteiger partial charge on any atom is 0.288 e. The van der Waals surface area contributed by atoms with Crippen molar-refractivity contribution in [2.45, 2.75) is 0 Å². The summed E-state index contributed by atoms with van der Waals surface area (Å²) in [7, 11) is 0. The summed E-state index contributed by atoms with van der Waals surface area (Å²) in [6.07, 6.45) is 3.06. The number of nitro groups is 1. The average Bonchev–Trinajstić information content (AvgIpc) is 2.60. The molecule has 0 saturated heterocycles. The molecule has 0 saturated carbocycles. The van der Waals surface area contributed by atoms with Crippen molar-refractivity contribution in [2.75, 3.05) is 6.61 Å². The number of carbonyl (C=O) groups excluding carboxylic acids is 1. The fourth-order valence-electron chi connectivity index (χ4n) is 1.86. The van der Waals surface area contributed by atoms with E-state index in [1.165, 1.54) is 18.3 Å². The highest BCUT2D eigenvalue weighted by Gasteiger charge is 2.15. The first-order valence-electron chi connectivity index (χ1n) is 7.12. The van der Waals surface area contributed by atoms with Crippen LogP contribution in [-0.4, -0.2) is 23.7 Å². The fourth-order valence-corrected chi connectivity index (χ4v) is 2.05. The molecule has 0 heterocycles. The second-order valence-electron chi connectivity index (χ2n) is 4.79. The Balaban J connectivity index is 2.04. The van der Waals surface area contributed by atoms with Crippen molar-refractivity contribution in [1.29, 1.82) is 0 Å². The highest BCUT2D eigenvalue weighted by atomic mass is 35.5. The van der Waals surface area contributed by atoms with E-state index < -0.39 is 10.8 Å². The van der Waals surface area contributed by atoms with E-state index in [0.717, 1.165) is 6.07 Å². The third kappa shape index (κ3) is 5.15. The third-order valence-corrected chi connectivity index (χ3v) is 3.33. The van der Waals surface area contributed by atoms with Gasteiger partial charge in [-0.2, -0.15) is 5.10 Å². The van der Waals surface area contributed by atoms with Gasteiger partial charge in [-0.3, -0.25) is 14.9 Å². The molecule has 1 N–H and O–H groups in total. The highest BCUT2D eigenvalue weighted by molar-refractivity contribution is 6.32. The SMILES string of the molecule is C=CCOc1cccc(/C=N\NC(=O)c2ccc(Cl)c([N+](=O)[O-])c2)c1. The summed E-state index contributed by atoms with van der Waals surface area (Å²) < 4.78 is 5.40. The lowest BCUT2D eigenvalue weighted by atomic mass is 10.2. The van der Waals surface area contributed by atoms with Crippen LogP contribution in [0, 0.1) is 10.1 Å². The van der Waals surface area contributed by atoms with Gasteiger partial charge in [0.05, 0.1) is 11.1 Å². The Labute approximate surface area is 148 Å². The molecule has 2 aromatic rings. The Bertz CT molecular complexity index is 836. The van der Waals surface area contributed by atoms with Crippen molar-refractivity contribution in [3.8, 4) is 5.75 Å². The zero-order chi connectivity index (χ0) is 18.2. The lowest BCUT2D eigenvalue weighted by Crippen LogP contribution is -2.17. The molecule has 2 rings (SSSR count). The predicted molar refractivity (Wildman–Crippen MR) is 95.3 cm³/mol. The molecule has 8 heteroatoms. The van der Waals surface area contributed by atoms with Gasteiger partial charge in [0, 0.05) is 11.6 Å². The number of nitrogens with one attached hydrogen (secondary N) is 1. The Morgan fingerprint density at radius 1 is 1.36 bits per heavy atom. The quantitative estimate of drug-likeness (QED) is 0.354. The summed E-state index contributed by atoms with van der Waals surface area (Å²) in [5.74, 6) is 0.0542. The minimum Gasteiger partial charge on any atom is -0.490 e. The Morgan fingerprint density at radius 2 is 2.16 bits per heavy atom. The lowest BCUT2D eigenvalue weighted by Gasteiger charge is -2.03. The number of carbonyl (C=O) groups is 1. The first-order chi connectivity index (χ1) is 12.0. The van der Waals surface area contributed by atoms with E-state index in [4.69, 9.17) is 16.3 Å². The largest absolute Gasteiger partial charge is 0.490 e. The van der Waals surface area contributed by atoms with E-state index in [0.29, 0.717) is 17.9 Å². The van der Waals surface area contributed by atoms with Crippen LogP contribution in [0.5, 0.6) is 5.75 Å². The maximum absolute atomic E-state index is 12.0. The van der Waals surface area contributed by atoms with Gasteiger partial charge in [-0.1, -0.05) is 36.4 Å². The first-order valence-corrected chi connectivity index (χ1v) is 7.50. The molecule has 0 bridgehead atoms. The minimum atomic E-state index is -0.656. The van der Waals surface area contributed by atoms with Gasteiger partial charge in [0.2, 0.25) is 0 Å². The molecule has 0 aliphatic carbocycles. The van der Waals surface area contributed by atoms with Crippen LogP contribution < -0.4 is 10.2 Å². The smallest absolute Gasteiger partial charge is 0.288 e. The van der Waals surface area contributed by atoms with Crippen LogP contribution in [0.15, 0.2) is 60.2 Å². The van der Waals surface area contributed by atoms with Crippen molar-refractivity contribution >= 4 is 29.4 Å². The second-order valence-corrected chi connectivity index (χ2v) is 5.20. The summed E-state index contributed by atoms with van der Waals surface area (Å²) in [4.78, 5) is 22.2. The highest BCUT2D eigenvalue weighted by Crippen LogP contribution is 2.24. The van der Waals surface area contributed by atoms with Crippen molar-refractivity contribution < 1.29 is 14.5 Å². The minimum absolute atomic E-state index is 0.0404. The number of halogens is 1. The van der Waals surface area contributed by atoms with Gasteiger partial charge in [0.1, 0.15) is 17.4 Å². The third-order valence-electron chi connectivity index (χ3n) is 3.01. The van der Waals surface area contributed by atoms with E-state index in [9.17, 15) is 14.9 Å². The van der Waals surface area contributed by atoms with Crippen LogP contribution in [0.3, 0.4) is 0 Å². The van der Waals surface area contributed by atoms with Gasteiger partial charge in [-0.25, -0.2) is 5.43 Å². The number of hydrogen-bond donors (Lipinski definition) is 1. The predicted octanol–water partition coefficient (Wildman–Crippen LogP) is 3.58. The van der Waals surface area contributed by atoms with E-state index in [1.54, 1.807) is 30.3 Å². The summed E-state index contributed by atoms with van der Waals surface area (Å²) in [6, 6.07) is 10.9. The van der Waals surface area contributed by atoms with Crippen molar-refractivity contribution in [3.05, 3.63) is 81.4 Å². The fraction of sp³-hybridized carbons (Fsp3) is 0.0588. The van der Waals surface area contributed by atoms with Crippen LogP contribution >= 0.6 is 11.6 Å². The first kappa shape index (κ1) is 18.2. The van der Waals surface area contributed by atoms with E-state index in [-0.39, 0.29) is 16.3 Å². The summed E-state index contributed by atoms with van der Waals surface area (Å²) in [5.41, 5.74) is 2.75. The normalized spacial score (nSPS) is 10.4. The molecule has 0 spiro atoms. The van der Waals surface area contributed by atoms with Crippen LogP contribution in [0.25, 0.3) is 0 Å². The van der Waals surface area contributed by atoms with E-state index in [1.807, 2.05) is 0 Å². The van der Waals surface area contributed by atoms with Gasteiger partial charge in [0.25, 0.3) is 11.6 Å². The number of hydrogen-bond acceptors (Lipinski definition) is 5. The molecule has 0 unspecified atom stereocenters. The van der Waals surface area contributed by atoms with Gasteiger partial charge in [0.15, 0.2) is 0 Å². The lowest BCUT2D eigenvalue weighted by molar-refractivity contribution is -0.384. The number of benzene rings is 2. The molecule has 0 aromatic heterocycles. The van der Waals surface area contributed by atoms with Gasteiger partial charge in [-0.15, -0.1) is 0 Å². The van der Waals surface area contributed by atoms with Crippen LogP contribution in [-0.2, 0) is 0 Å². The zero-order valence-electron chi connectivity index (χ0n) is 13.0. The standard InChI is InChI=1S/C17H14ClN3O4/c1-2-8-25-14-5-3-4-12(9-14)11-19-20-17(22)13-6-7-15(18)16(10-13)21(23)24/h2-7,9-11H,1,8H2,(H,20,22)/b19-11-. The molecule has 128 valence electrons. The molecule has 0 atom stereocenters. The monoisotopic (exact) mass is 359 g/mol. The number of hydrazone groups is 1. The molecule has 0 radical (unpaired) electrons. The molecular weight excluding hydrogens is 346 g/mol. The average molecular weight is 360 g/mol. The second kappa shape index (κ2) is 8.60. The van der Waals surface area contributed by atoms with Gasteiger partial charge < -0.3 is 4.74 Å². The molecule has 25 heavy (non-hydrogen) atoms. The molecule has 0 aliphatic rings. The van der Waals surface area contributed by atoms with Crippen molar-refractivity contribution in [1.82, 2.24) is 5.43 Å². The number of nitrogens with zero attached hydrogens (tertiary/aromatic N) is 2. The number of amides is 1. The van der Waals surface area contributed by atoms with Crippen LogP contribution in [0.1, 0.15) is 15.9 Å². The van der Waals surface area contributed by atoms with Crippen LogP contribution in [0.2, 0.25) is 5.02 Å². The summed E-state index contributed by atoms with van der Waals surface area (Å²) in [6.45, 7) is 3.95. The summed E-state index contributed by atoms with van der Waals surface area (Å²) in [5, 5.41) is 14.6. The van der Waals surface area contributed by atoms with E-state index in [2.05, 4.69) is 17.1 Å².